The molecule has 1 aromatic heterocycles. The number of aryl methyl sites for hydroxylation is 2. The van der Waals surface area contributed by atoms with Gasteiger partial charge in [0.1, 0.15) is 6.07 Å². The number of hydrogen-bond acceptors (Lipinski definition) is 7. The van der Waals surface area contributed by atoms with E-state index in [9.17, 15) is 0 Å². The van der Waals surface area contributed by atoms with Crippen LogP contribution in [0, 0.1) is 30.6 Å². The first-order valence-corrected chi connectivity index (χ1v) is 7.72. The highest BCUT2D eigenvalue weighted by molar-refractivity contribution is 6.45. The molecule has 128 valence electrons. The van der Waals surface area contributed by atoms with Gasteiger partial charge >= 0.3 is 0 Å². The quantitative estimate of drug-likeness (QED) is 0.422. The Morgan fingerprint density at radius 2 is 1.88 bits per heavy atom. The lowest BCUT2D eigenvalue weighted by Gasteiger charge is -2.21. The summed E-state index contributed by atoms with van der Waals surface area (Å²) in [5.41, 5.74) is 11.3. The van der Waals surface area contributed by atoms with Gasteiger partial charge in [0, 0.05) is 23.6 Å². The van der Waals surface area contributed by atoms with Gasteiger partial charge in [-0.25, -0.2) is 9.97 Å². The summed E-state index contributed by atoms with van der Waals surface area (Å²) < 4.78 is 0. The molecule has 1 heterocycles. The molecule has 0 aliphatic heterocycles. The lowest BCUT2D eigenvalue weighted by molar-refractivity contribution is 0.920. The largest absolute Gasteiger partial charge is 0.382 e. The second-order valence-electron chi connectivity index (χ2n) is 5.34. The molecule has 4 N–H and O–H groups in total. The Balaban J connectivity index is 2.23. The zero-order chi connectivity index (χ0) is 18.4. The average Bonchev–Trinajstić information content (AvgIpc) is 2.56. The molecule has 8 nitrogen and oxygen atoms in total. The summed E-state index contributed by atoms with van der Waals surface area (Å²) in [6.07, 6.45) is 0. The second kappa shape index (κ2) is 7.88. The molecule has 0 unspecified atom stereocenters. The number of amidine groups is 1. The summed E-state index contributed by atoms with van der Waals surface area (Å²) in [6, 6.07) is 11.1. The van der Waals surface area contributed by atoms with Crippen molar-refractivity contribution in [2.75, 3.05) is 16.9 Å². The number of nitriles is 1. The van der Waals surface area contributed by atoms with Gasteiger partial charge in [-0.1, -0.05) is 0 Å². The van der Waals surface area contributed by atoms with Crippen molar-refractivity contribution in [3.8, 4) is 6.07 Å². The fourth-order valence-electron chi connectivity index (χ4n) is 2.25. The average molecular weight is 336 g/mol. The van der Waals surface area contributed by atoms with Gasteiger partial charge < -0.3 is 10.6 Å². The fraction of sp³-hybridized carbons (Fsp3) is 0.235. The lowest BCUT2D eigenvalue weighted by atomic mass is 10.2. The number of aromatic nitrogens is 2. The topological polar surface area (TPSA) is 127 Å². The Kier molecular flexibility index (Phi) is 5.63. The van der Waals surface area contributed by atoms with Gasteiger partial charge in [-0.15, -0.1) is 0 Å². The van der Waals surface area contributed by atoms with Crippen molar-refractivity contribution in [3.05, 3.63) is 41.7 Å². The van der Waals surface area contributed by atoms with Crippen LogP contribution in [0.25, 0.3) is 0 Å². The van der Waals surface area contributed by atoms with Crippen LogP contribution in [0.2, 0.25) is 0 Å². The Morgan fingerprint density at radius 1 is 1.28 bits per heavy atom. The third-order valence-corrected chi connectivity index (χ3v) is 3.36. The highest BCUT2D eigenvalue weighted by atomic mass is 15.3. The maximum absolute atomic E-state index is 8.83. The number of hydrogen-bond donors (Lipinski definition) is 3. The molecule has 2 rings (SSSR count). The second-order valence-corrected chi connectivity index (χ2v) is 5.34. The molecule has 1 aromatic carbocycles. The van der Waals surface area contributed by atoms with Gasteiger partial charge in [-0.3, -0.25) is 10.8 Å². The van der Waals surface area contributed by atoms with E-state index >= 15 is 0 Å². The molecular formula is C17H20N8. The molecular weight excluding hydrogens is 316 g/mol. The van der Waals surface area contributed by atoms with Crippen LogP contribution >= 0.6 is 0 Å². The predicted molar refractivity (Wildman–Crippen MR) is 99.2 cm³/mol. The molecule has 8 heteroatoms. The number of rotatable bonds is 6. The maximum atomic E-state index is 8.83. The van der Waals surface area contributed by atoms with Crippen LogP contribution in [0.3, 0.4) is 0 Å². The van der Waals surface area contributed by atoms with E-state index in [1.165, 1.54) is 0 Å². The van der Waals surface area contributed by atoms with Crippen molar-refractivity contribution >= 4 is 28.9 Å². The first kappa shape index (κ1) is 17.9. The monoisotopic (exact) mass is 336 g/mol. The minimum atomic E-state index is -0.379. The van der Waals surface area contributed by atoms with Crippen molar-refractivity contribution in [2.45, 2.75) is 20.8 Å². The van der Waals surface area contributed by atoms with Gasteiger partial charge in [0.05, 0.1) is 5.69 Å². The van der Waals surface area contributed by atoms with Crippen molar-refractivity contribution in [3.63, 3.8) is 0 Å². The van der Waals surface area contributed by atoms with E-state index in [1.54, 1.807) is 6.07 Å². The molecule has 0 bridgehead atoms. The Bertz CT molecular complexity index is 812. The van der Waals surface area contributed by atoms with E-state index in [0.29, 0.717) is 11.6 Å². The van der Waals surface area contributed by atoms with Crippen LogP contribution in [0.4, 0.5) is 17.3 Å². The minimum absolute atomic E-state index is 0.164. The summed E-state index contributed by atoms with van der Waals surface area (Å²) in [7, 11) is 0. The van der Waals surface area contributed by atoms with Gasteiger partial charge in [-0.2, -0.15) is 10.4 Å². The normalized spacial score (nSPS) is 10.9. The van der Waals surface area contributed by atoms with E-state index in [2.05, 4.69) is 20.5 Å². The molecule has 0 saturated heterocycles. The SMILES string of the molecule is CCN(c1ccc(N/N=C(\C#N)C(=N)N)cc1)c1nc(C)cc(C)n1. The molecule has 0 aliphatic rings. The molecule has 25 heavy (non-hydrogen) atoms. The molecule has 0 amide bonds. The van der Waals surface area contributed by atoms with Crippen molar-refractivity contribution in [1.82, 2.24) is 9.97 Å². The number of nitrogens with zero attached hydrogens (tertiary/aromatic N) is 5. The van der Waals surface area contributed by atoms with E-state index < -0.39 is 0 Å². The van der Waals surface area contributed by atoms with Crippen molar-refractivity contribution in [1.29, 1.82) is 10.7 Å². The smallest absolute Gasteiger partial charge is 0.230 e. The standard InChI is InChI=1S/C17H20N8/c1-4-25(17-21-11(2)9-12(3)22-17)14-7-5-13(6-8-14)23-24-15(10-18)16(19)20/h5-9,23H,4H2,1-3H3,(H3,19,20)/b24-15+. The molecule has 0 atom stereocenters. The summed E-state index contributed by atoms with van der Waals surface area (Å²) >= 11 is 0. The van der Waals surface area contributed by atoms with Crippen LogP contribution in [0.1, 0.15) is 18.3 Å². The minimum Gasteiger partial charge on any atom is -0.382 e. The predicted octanol–water partition coefficient (Wildman–Crippen LogP) is 2.48. The Hall–Kier alpha value is -3.47. The highest BCUT2D eigenvalue weighted by Crippen LogP contribution is 2.24. The van der Waals surface area contributed by atoms with E-state index in [4.69, 9.17) is 16.4 Å². The zero-order valence-electron chi connectivity index (χ0n) is 14.4. The molecule has 0 fully saturated rings. The van der Waals surface area contributed by atoms with E-state index in [1.807, 2.05) is 56.0 Å². The number of anilines is 3. The molecule has 0 saturated carbocycles. The maximum Gasteiger partial charge on any atom is 0.230 e. The van der Waals surface area contributed by atoms with Crippen LogP contribution in [0.15, 0.2) is 35.4 Å². The van der Waals surface area contributed by atoms with E-state index in [-0.39, 0.29) is 11.5 Å². The third kappa shape index (κ3) is 4.51. The summed E-state index contributed by atoms with van der Waals surface area (Å²) in [4.78, 5) is 11.0. The highest BCUT2D eigenvalue weighted by Gasteiger charge is 2.11. The molecule has 0 radical (unpaired) electrons. The number of benzene rings is 1. The van der Waals surface area contributed by atoms with Crippen molar-refractivity contribution in [2.24, 2.45) is 10.8 Å². The molecule has 2 aromatic rings. The zero-order valence-corrected chi connectivity index (χ0v) is 14.4. The number of hydrazone groups is 1. The van der Waals surface area contributed by atoms with Crippen LogP contribution in [-0.4, -0.2) is 28.1 Å². The van der Waals surface area contributed by atoms with E-state index in [0.717, 1.165) is 23.6 Å². The van der Waals surface area contributed by atoms with Crippen LogP contribution in [0.5, 0.6) is 0 Å². The third-order valence-electron chi connectivity index (χ3n) is 3.36. The first-order valence-electron chi connectivity index (χ1n) is 7.72. The lowest BCUT2D eigenvalue weighted by Crippen LogP contribution is -2.22. The fourth-order valence-corrected chi connectivity index (χ4v) is 2.25. The summed E-state index contributed by atoms with van der Waals surface area (Å²) in [5, 5.41) is 19.9. The first-order chi connectivity index (χ1) is 11.9. The summed E-state index contributed by atoms with van der Waals surface area (Å²) in [6.45, 7) is 6.64. The molecule has 0 spiro atoms. The number of nitrogens with two attached hydrogens (primary N) is 1. The van der Waals surface area contributed by atoms with Gasteiger partial charge in [0.15, 0.2) is 5.84 Å². The van der Waals surface area contributed by atoms with Gasteiger partial charge in [-0.05, 0) is 51.1 Å². The van der Waals surface area contributed by atoms with Crippen LogP contribution in [-0.2, 0) is 0 Å². The van der Waals surface area contributed by atoms with Gasteiger partial charge in [0.2, 0.25) is 11.7 Å². The van der Waals surface area contributed by atoms with Gasteiger partial charge in [0.25, 0.3) is 0 Å². The molecule has 0 aliphatic carbocycles. The van der Waals surface area contributed by atoms with Crippen LogP contribution < -0.4 is 16.1 Å². The Morgan fingerprint density at radius 3 is 2.36 bits per heavy atom. The Labute approximate surface area is 146 Å². The summed E-state index contributed by atoms with van der Waals surface area (Å²) in [5.74, 6) is 0.276. The number of nitrogens with one attached hydrogen (secondary N) is 2. The van der Waals surface area contributed by atoms with Crippen molar-refractivity contribution < 1.29 is 0 Å².